The van der Waals surface area contributed by atoms with Crippen LogP contribution in [-0.4, -0.2) is 19.2 Å². The van der Waals surface area contributed by atoms with Crippen molar-refractivity contribution in [3.8, 4) is 0 Å². The Hall–Kier alpha value is -1.71. The van der Waals surface area contributed by atoms with Gasteiger partial charge in [0, 0.05) is 17.4 Å². The fourth-order valence-electron chi connectivity index (χ4n) is 2.43. The molecule has 2 unspecified atom stereocenters. The highest BCUT2D eigenvalue weighted by Crippen LogP contribution is 2.28. The molecule has 1 aliphatic rings. The zero-order valence-corrected chi connectivity index (χ0v) is 10.9. The summed E-state index contributed by atoms with van der Waals surface area (Å²) in [6, 6.07) is 8.27. The molecule has 4 nitrogen and oxygen atoms in total. The number of rotatable bonds is 3. The largest absolute Gasteiger partial charge is 0.453 e. The molecule has 2 atom stereocenters. The minimum absolute atomic E-state index is 0.443. The average molecular weight is 248 g/mol. The van der Waals surface area contributed by atoms with E-state index in [9.17, 15) is 4.79 Å². The summed E-state index contributed by atoms with van der Waals surface area (Å²) in [5, 5.41) is 6.20. The molecule has 1 aliphatic carbocycles. The first kappa shape index (κ1) is 12.7. The molecule has 0 heterocycles. The highest BCUT2D eigenvalue weighted by molar-refractivity contribution is 5.85. The number of anilines is 2. The van der Waals surface area contributed by atoms with E-state index in [-0.39, 0.29) is 0 Å². The van der Waals surface area contributed by atoms with Crippen LogP contribution in [0.1, 0.15) is 26.2 Å². The first-order valence-electron chi connectivity index (χ1n) is 6.40. The Kier molecular flexibility index (Phi) is 4.07. The minimum Gasteiger partial charge on any atom is -0.453 e. The van der Waals surface area contributed by atoms with Crippen LogP contribution in [0.2, 0.25) is 0 Å². The lowest BCUT2D eigenvalue weighted by atomic mass is 10.1. The molecule has 0 spiro atoms. The van der Waals surface area contributed by atoms with E-state index in [0.29, 0.717) is 12.0 Å². The first-order valence-corrected chi connectivity index (χ1v) is 6.40. The molecule has 0 radical (unpaired) electrons. The van der Waals surface area contributed by atoms with Crippen LogP contribution in [0.15, 0.2) is 24.3 Å². The van der Waals surface area contributed by atoms with E-state index >= 15 is 0 Å². The van der Waals surface area contributed by atoms with Gasteiger partial charge in [-0.3, -0.25) is 5.32 Å². The highest BCUT2D eigenvalue weighted by atomic mass is 16.5. The van der Waals surface area contributed by atoms with Gasteiger partial charge in [0.1, 0.15) is 0 Å². The van der Waals surface area contributed by atoms with Crippen LogP contribution in [0, 0.1) is 5.92 Å². The monoisotopic (exact) mass is 248 g/mol. The van der Waals surface area contributed by atoms with Gasteiger partial charge in [-0.2, -0.15) is 0 Å². The summed E-state index contributed by atoms with van der Waals surface area (Å²) in [4.78, 5) is 11.1. The van der Waals surface area contributed by atoms with E-state index in [2.05, 4.69) is 22.3 Å². The SMILES string of the molecule is COC(=O)Nc1cccc(NC2CCCC2C)c1. The second-order valence-electron chi connectivity index (χ2n) is 4.86. The van der Waals surface area contributed by atoms with Crippen LogP contribution < -0.4 is 10.6 Å². The van der Waals surface area contributed by atoms with E-state index in [1.807, 2.05) is 24.3 Å². The maximum absolute atomic E-state index is 11.1. The third-order valence-electron chi connectivity index (χ3n) is 3.51. The Morgan fingerprint density at radius 1 is 1.33 bits per heavy atom. The Bertz CT molecular complexity index is 420. The van der Waals surface area contributed by atoms with Crippen molar-refractivity contribution in [3.63, 3.8) is 0 Å². The quantitative estimate of drug-likeness (QED) is 0.861. The minimum atomic E-state index is -0.443. The summed E-state index contributed by atoms with van der Waals surface area (Å²) in [5.41, 5.74) is 1.79. The van der Waals surface area contributed by atoms with Crippen molar-refractivity contribution in [3.05, 3.63) is 24.3 Å². The number of carbonyl (C=O) groups excluding carboxylic acids is 1. The van der Waals surface area contributed by atoms with E-state index in [1.165, 1.54) is 26.4 Å². The van der Waals surface area contributed by atoms with E-state index in [4.69, 9.17) is 0 Å². The molecule has 0 saturated heterocycles. The summed E-state index contributed by atoms with van der Waals surface area (Å²) in [6.45, 7) is 2.28. The standard InChI is InChI=1S/C14H20N2O2/c1-10-5-3-8-13(10)15-11-6-4-7-12(9-11)16-14(17)18-2/h4,6-7,9-10,13,15H,3,5,8H2,1-2H3,(H,16,17). The second-order valence-corrected chi connectivity index (χ2v) is 4.86. The first-order chi connectivity index (χ1) is 8.69. The average Bonchev–Trinajstić information content (AvgIpc) is 2.75. The number of methoxy groups -OCH3 is 1. The summed E-state index contributed by atoms with van der Waals surface area (Å²) < 4.78 is 4.57. The van der Waals surface area contributed by atoms with Crippen molar-refractivity contribution in [2.75, 3.05) is 17.7 Å². The third kappa shape index (κ3) is 3.15. The lowest BCUT2D eigenvalue weighted by Gasteiger charge is -2.19. The molecular formula is C14H20N2O2. The molecular weight excluding hydrogens is 228 g/mol. The van der Waals surface area contributed by atoms with E-state index in [0.717, 1.165) is 11.4 Å². The van der Waals surface area contributed by atoms with Crippen LogP contribution in [0.3, 0.4) is 0 Å². The van der Waals surface area contributed by atoms with Crippen LogP contribution >= 0.6 is 0 Å². The zero-order valence-electron chi connectivity index (χ0n) is 10.9. The fourth-order valence-corrected chi connectivity index (χ4v) is 2.43. The number of benzene rings is 1. The Balaban J connectivity index is 2.00. The molecule has 0 bridgehead atoms. The molecule has 0 aromatic heterocycles. The molecule has 1 saturated carbocycles. The van der Waals surface area contributed by atoms with Crippen LogP contribution in [-0.2, 0) is 4.74 Å². The fraction of sp³-hybridized carbons (Fsp3) is 0.500. The molecule has 0 aliphatic heterocycles. The van der Waals surface area contributed by atoms with Crippen molar-refractivity contribution in [1.82, 2.24) is 0 Å². The normalized spacial score (nSPS) is 22.6. The lowest BCUT2D eigenvalue weighted by molar-refractivity contribution is 0.187. The zero-order chi connectivity index (χ0) is 13.0. The van der Waals surface area contributed by atoms with Gasteiger partial charge in [0.05, 0.1) is 7.11 Å². The number of hydrogen-bond acceptors (Lipinski definition) is 3. The van der Waals surface area contributed by atoms with Crippen LogP contribution in [0.25, 0.3) is 0 Å². The van der Waals surface area contributed by atoms with Crippen LogP contribution in [0.4, 0.5) is 16.2 Å². The number of ether oxygens (including phenoxy) is 1. The van der Waals surface area contributed by atoms with Gasteiger partial charge >= 0.3 is 6.09 Å². The van der Waals surface area contributed by atoms with Crippen molar-refractivity contribution < 1.29 is 9.53 Å². The van der Waals surface area contributed by atoms with Gasteiger partial charge < -0.3 is 10.1 Å². The molecule has 1 aromatic carbocycles. The van der Waals surface area contributed by atoms with Gasteiger partial charge in [0.2, 0.25) is 0 Å². The number of amides is 1. The summed E-state index contributed by atoms with van der Waals surface area (Å²) in [5.74, 6) is 0.710. The predicted molar refractivity (Wildman–Crippen MR) is 72.9 cm³/mol. The maximum atomic E-state index is 11.1. The van der Waals surface area contributed by atoms with E-state index in [1.54, 1.807) is 0 Å². The van der Waals surface area contributed by atoms with Gasteiger partial charge in [-0.05, 0) is 37.0 Å². The van der Waals surface area contributed by atoms with Gasteiger partial charge in [-0.15, -0.1) is 0 Å². The lowest BCUT2D eigenvalue weighted by Crippen LogP contribution is -2.21. The van der Waals surface area contributed by atoms with Gasteiger partial charge in [-0.25, -0.2) is 4.79 Å². The van der Waals surface area contributed by atoms with Crippen molar-refractivity contribution in [2.45, 2.75) is 32.2 Å². The molecule has 1 amide bonds. The third-order valence-corrected chi connectivity index (χ3v) is 3.51. The molecule has 98 valence electrons. The summed E-state index contributed by atoms with van der Waals surface area (Å²) >= 11 is 0. The highest BCUT2D eigenvalue weighted by Gasteiger charge is 2.22. The van der Waals surface area contributed by atoms with Crippen molar-refractivity contribution in [2.24, 2.45) is 5.92 Å². The maximum Gasteiger partial charge on any atom is 0.411 e. The summed E-state index contributed by atoms with van der Waals surface area (Å²) in [6.07, 6.45) is 3.35. The summed E-state index contributed by atoms with van der Waals surface area (Å²) in [7, 11) is 1.36. The predicted octanol–water partition coefficient (Wildman–Crippen LogP) is 3.47. The van der Waals surface area contributed by atoms with Crippen LogP contribution in [0.5, 0.6) is 0 Å². The smallest absolute Gasteiger partial charge is 0.411 e. The van der Waals surface area contributed by atoms with Gasteiger partial charge in [-0.1, -0.05) is 19.4 Å². The molecule has 4 heteroatoms. The van der Waals surface area contributed by atoms with Gasteiger partial charge in [0.15, 0.2) is 0 Å². The molecule has 2 rings (SSSR count). The van der Waals surface area contributed by atoms with Crippen molar-refractivity contribution >= 4 is 17.5 Å². The molecule has 2 N–H and O–H groups in total. The van der Waals surface area contributed by atoms with E-state index < -0.39 is 6.09 Å². The topological polar surface area (TPSA) is 50.4 Å². The Morgan fingerprint density at radius 3 is 2.78 bits per heavy atom. The molecule has 1 fully saturated rings. The van der Waals surface area contributed by atoms with Gasteiger partial charge in [0.25, 0.3) is 0 Å². The molecule has 18 heavy (non-hydrogen) atoms. The second kappa shape index (κ2) is 5.76. The molecule has 1 aromatic rings. The Morgan fingerprint density at radius 2 is 2.11 bits per heavy atom. The number of nitrogens with one attached hydrogen (secondary N) is 2. The Labute approximate surface area is 108 Å². The number of hydrogen-bond donors (Lipinski definition) is 2. The van der Waals surface area contributed by atoms with Crippen molar-refractivity contribution in [1.29, 1.82) is 0 Å². The number of carbonyl (C=O) groups is 1.